The first kappa shape index (κ1) is 14.4. The standard InChI is InChI=1S/C10H19BrN2O2/c1-5-13(9(15)6-11)7-8(14)12-10(2,3)4/h5-7H2,1-4H3,(H,12,14). The summed E-state index contributed by atoms with van der Waals surface area (Å²) in [6, 6.07) is 0. The van der Waals surface area contributed by atoms with Crippen molar-refractivity contribution in [2.45, 2.75) is 33.2 Å². The lowest BCUT2D eigenvalue weighted by Crippen LogP contribution is -2.47. The molecule has 0 radical (unpaired) electrons. The van der Waals surface area contributed by atoms with Gasteiger partial charge in [0.25, 0.3) is 0 Å². The van der Waals surface area contributed by atoms with Crippen molar-refractivity contribution in [3.8, 4) is 0 Å². The van der Waals surface area contributed by atoms with E-state index in [1.54, 1.807) is 0 Å². The van der Waals surface area contributed by atoms with Gasteiger partial charge in [0.15, 0.2) is 0 Å². The van der Waals surface area contributed by atoms with Gasteiger partial charge in [-0.3, -0.25) is 9.59 Å². The van der Waals surface area contributed by atoms with Crippen LogP contribution in [0.2, 0.25) is 0 Å². The van der Waals surface area contributed by atoms with Crippen LogP contribution in [-0.4, -0.2) is 40.7 Å². The van der Waals surface area contributed by atoms with Crippen LogP contribution in [-0.2, 0) is 9.59 Å². The Bertz CT molecular complexity index is 236. The minimum Gasteiger partial charge on any atom is -0.350 e. The van der Waals surface area contributed by atoms with Crippen molar-refractivity contribution < 1.29 is 9.59 Å². The van der Waals surface area contributed by atoms with E-state index in [1.807, 2.05) is 27.7 Å². The van der Waals surface area contributed by atoms with Gasteiger partial charge in [0.2, 0.25) is 11.8 Å². The van der Waals surface area contributed by atoms with Gasteiger partial charge in [-0.2, -0.15) is 0 Å². The van der Waals surface area contributed by atoms with E-state index < -0.39 is 0 Å². The van der Waals surface area contributed by atoms with Crippen molar-refractivity contribution >= 4 is 27.7 Å². The number of rotatable bonds is 4. The number of carbonyl (C=O) groups is 2. The monoisotopic (exact) mass is 278 g/mol. The fourth-order valence-electron chi connectivity index (χ4n) is 1.09. The molecule has 88 valence electrons. The van der Waals surface area contributed by atoms with Crippen LogP contribution in [0.25, 0.3) is 0 Å². The molecule has 0 bridgehead atoms. The molecule has 4 nitrogen and oxygen atoms in total. The van der Waals surface area contributed by atoms with Gasteiger partial charge in [-0.25, -0.2) is 0 Å². The van der Waals surface area contributed by atoms with Crippen LogP contribution >= 0.6 is 15.9 Å². The Balaban J connectivity index is 4.20. The molecule has 0 atom stereocenters. The minimum atomic E-state index is -0.256. The number of nitrogens with zero attached hydrogens (tertiary/aromatic N) is 1. The molecule has 0 aromatic heterocycles. The van der Waals surface area contributed by atoms with Crippen molar-refractivity contribution in [1.82, 2.24) is 10.2 Å². The number of hydrogen-bond donors (Lipinski definition) is 1. The predicted molar refractivity (Wildman–Crippen MR) is 63.9 cm³/mol. The fourth-order valence-corrected chi connectivity index (χ4v) is 1.45. The molecule has 0 heterocycles. The number of nitrogens with one attached hydrogen (secondary N) is 1. The van der Waals surface area contributed by atoms with Gasteiger partial charge in [-0.1, -0.05) is 15.9 Å². The smallest absolute Gasteiger partial charge is 0.240 e. The van der Waals surface area contributed by atoms with E-state index in [4.69, 9.17) is 0 Å². The first-order valence-electron chi connectivity index (χ1n) is 4.95. The molecule has 0 aliphatic rings. The van der Waals surface area contributed by atoms with Gasteiger partial charge < -0.3 is 10.2 Å². The van der Waals surface area contributed by atoms with Gasteiger partial charge in [-0.15, -0.1) is 0 Å². The zero-order chi connectivity index (χ0) is 12.1. The first-order chi connectivity index (χ1) is 6.80. The molecular weight excluding hydrogens is 260 g/mol. The molecule has 0 saturated carbocycles. The Hall–Kier alpha value is -0.580. The van der Waals surface area contributed by atoms with Gasteiger partial charge in [0.1, 0.15) is 0 Å². The Morgan fingerprint density at radius 3 is 2.20 bits per heavy atom. The maximum absolute atomic E-state index is 11.5. The highest BCUT2D eigenvalue weighted by Gasteiger charge is 2.18. The summed E-state index contributed by atoms with van der Waals surface area (Å²) in [6.07, 6.45) is 0. The second kappa shape index (κ2) is 6.10. The highest BCUT2D eigenvalue weighted by molar-refractivity contribution is 9.09. The largest absolute Gasteiger partial charge is 0.350 e. The number of amides is 2. The van der Waals surface area contributed by atoms with Crippen LogP contribution in [0, 0.1) is 0 Å². The van der Waals surface area contributed by atoms with Crippen molar-refractivity contribution in [3.05, 3.63) is 0 Å². The van der Waals surface area contributed by atoms with Crippen LogP contribution < -0.4 is 5.32 Å². The topological polar surface area (TPSA) is 49.4 Å². The number of hydrogen-bond acceptors (Lipinski definition) is 2. The highest BCUT2D eigenvalue weighted by Crippen LogP contribution is 1.99. The zero-order valence-corrected chi connectivity index (χ0v) is 11.3. The molecule has 0 aromatic rings. The van der Waals surface area contributed by atoms with Gasteiger partial charge in [0.05, 0.1) is 11.9 Å². The second-order valence-corrected chi connectivity index (χ2v) is 4.90. The second-order valence-electron chi connectivity index (χ2n) is 4.34. The van der Waals surface area contributed by atoms with E-state index in [2.05, 4.69) is 21.2 Å². The van der Waals surface area contributed by atoms with Crippen molar-refractivity contribution in [3.63, 3.8) is 0 Å². The quantitative estimate of drug-likeness (QED) is 0.785. The lowest BCUT2D eigenvalue weighted by atomic mass is 10.1. The molecule has 0 rings (SSSR count). The molecule has 0 aliphatic carbocycles. The van der Waals surface area contributed by atoms with Crippen LogP contribution in [0.15, 0.2) is 0 Å². The normalized spacial score (nSPS) is 11.0. The SMILES string of the molecule is CCN(CC(=O)NC(C)(C)C)C(=O)CBr. The summed E-state index contributed by atoms with van der Waals surface area (Å²) in [5.74, 6) is -0.194. The molecule has 0 aromatic carbocycles. The number of alkyl halides is 1. The Kier molecular flexibility index (Phi) is 5.87. The van der Waals surface area contributed by atoms with E-state index in [0.29, 0.717) is 6.54 Å². The molecule has 0 unspecified atom stereocenters. The fraction of sp³-hybridized carbons (Fsp3) is 0.800. The molecule has 1 N–H and O–H groups in total. The van der Waals surface area contributed by atoms with Crippen molar-refractivity contribution in [2.24, 2.45) is 0 Å². The molecular formula is C10H19BrN2O2. The maximum atomic E-state index is 11.5. The van der Waals surface area contributed by atoms with Crippen molar-refractivity contribution in [1.29, 1.82) is 0 Å². The molecule has 2 amide bonds. The molecule has 15 heavy (non-hydrogen) atoms. The van der Waals surface area contributed by atoms with Crippen LogP contribution in [0.4, 0.5) is 0 Å². The Morgan fingerprint density at radius 1 is 1.33 bits per heavy atom. The average molecular weight is 279 g/mol. The third-order valence-corrected chi connectivity index (χ3v) is 2.18. The van der Waals surface area contributed by atoms with Crippen molar-refractivity contribution in [2.75, 3.05) is 18.4 Å². The lowest BCUT2D eigenvalue weighted by Gasteiger charge is -2.24. The Labute approximate surface area is 99.5 Å². The summed E-state index contributed by atoms with van der Waals surface area (Å²) in [4.78, 5) is 24.4. The summed E-state index contributed by atoms with van der Waals surface area (Å²) in [7, 11) is 0. The first-order valence-corrected chi connectivity index (χ1v) is 6.07. The molecule has 0 saturated heterocycles. The summed E-state index contributed by atoms with van der Waals surface area (Å²) < 4.78 is 0. The number of likely N-dealkylation sites (N-methyl/N-ethyl adjacent to an activating group) is 1. The number of halogens is 1. The highest BCUT2D eigenvalue weighted by atomic mass is 79.9. The summed E-state index contributed by atoms with van der Waals surface area (Å²) in [5, 5.41) is 3.07. The third-order valence-electron chi connectivity index (χ3n) is 1.70. The van der Waals surface area contributed by atoms with E-state index >= 15 is 0 Å². The number of carbonyl (C=O) groups excluding carboxylic acids is 2. The lowest BCUT2D eigenvalue weighted by molar-refractivity contribution is -0.134. The van der Waals surface area contributed by atoms with Gasteiger partial charge in [0, 0.05) is 12.1 Å². The molecule has 5 heteroatoms. The zero-order valence-electron chi connectivity index (χ0n) is 9.76. The van der Waals surface area contributed by atoms with Gasteiger partial charge >= 0.3 is 0 Å². The summed E-state index contributed by atoms with van der Waals surface area (Å²) in [6.45, 7) is 8.25. The molecule has 0 aliphatic heterocycles. The van der Waals surface area contributed by atoms with Gasteiger partial charge in [-0.05, 0) is 27.7 Å². The van der Waals surface area contributed by atoms with Crippen LogP contribution in [0.1, 0.15) is 27.7 Å². The van der Waals surface area contributed by atoms with Crippen LogP contribution in [0.3, 0.4) is 0 Å². The van der Waals surface area contributed by atoms with E-state index in [1.165, 1.54) is 4.90 Å². The van der Waals surface area contributed by atoms with E-state index in [0.717, 1.165) is 0 Å². The Morgan fingerprint density at radius 2 is 1.87 bits per heavy atom. The van der Waals surface area contributed by atoms with E-state index in [-0.39, 0.29) is 29.2 Å². The van der Waals surface area contributed by atoms with E-state index in [9.17, 15) is 9.59 Å². The minimum absolute atomic E-state index is 0.0680. The molecule has 0 spiro atoms. The summed E-state index contributed by atoms with van der Waals surface area (Å²) in [5.41, 5.74) is -0.256. The molecule has 0 fully saturated rings. The average Bonchev–Trinajstić information content (AvgIpc) is 2.10. The third kappa shape index (κ3) is 6.49. The van der Waals surface area contributed by atoms with Crippen LogP contribution in [0.5, 0.6) is 0 Å². The maximum Gasteiger partial charge on any atom is 0.240 e. The summed E-state index contributed by atoms with van der Waals surface area (Å²) >= 11 is 3.08. The predicted octanol–water partition coefficient (Wildman–Crippen LogP) is 1.14.